The fraction of sp³-hybridized carbons (Fsp3) is 0.833. The van der Waals surface area contributed by atoms with Gasteiger partial charge in [-0.25, -0.2) is 9.18 Å². The number of rotatable bonds is 5. The number of allylic oxidation sites excluding steroid dienone is 1. The summed E-state index contributed by atoms with van der Waals surface area (Å²) < 4.78 is 25.5. The van der Waals surface area contributed by atoms with Crippen LogP contribution in [-0.4, -0.2) is 61.6 Å². The van der Waals surface area contributed by atoms with E-state index in [9.17, 15) is 18.8 Å². The third kappa shape index (κ3) is 4.16. The van der Waals surface area contributed by atoms with Gasteiger partial charge in [-0.2, -0.15) is 0 Å². The van der Waals surface area contributed by atoms with Crippen molar-refractivity contribution in [3.63, 3.8) is 0 Å². The number of ketones is 1. The maximum atomic E-state index is 14.2. The first-order valence-electron chi connectivity index (χ1n) is 14.6. The molecule has 0 aromatic heterocycles. The van der Waals surface area contributed by atoms with Gasteiger partial charge < -0.3 is 14.4 Å². The number of piperidine rings is 1. The fourth-order valence-electron chi connectivity index (χ4n) is 9.58. The molecule has 2 saturated heterocycles. The van der Waals surface area contributed by atoms with Crippen molar-refractivity contribution in [1.29, 1.82) is 0 Å². The molecule has 2 aliphatic heterocycles. The minimum atomic E-state index is -0.893. The molecule has 5 rings (SSSR count). The molecule has 3 aliphatic carbocycles. The second-order valence-corrected chi connectivity index (χ2v) is 13.5. The van der Waals surface area contributed by atoms with Crippen LogP contribution in [0.5, 0.6) is 0 Å². The van der Waals surface area contributed by atoms with E-state index < -0.39 is 23.0 Å². The van der Waals surface area contributed by atoms with E-state index in [4.69, 9.17) is 9.47 Å². The van der Waals surface area contributed by atoms with E-state index in [2.05, 4.69) is 31.0 Å². The Morgan fingerprint density at radius 1 is 1.16 bits per heavy atom. The Balaban J connectivity index is 1.49. The van der Waals surface area contributed by atoms with Crippen LogP contribution in [0.4, 0.5) is 9.18 Å². The van der Waals surface area contributed by atoms with Gasteiger partial charge in [0.05, 0.1) is 18.4 Å². The van der Waals surface area contributed by atoms with Gasteiger partial charge >= 0.3 is 6.09 Å². The summed E-state index contributed by atoms with van der Waals surface area (Å²) in [6, 6.07) is 0. The van der Waals surface area contributed by atoms with Crippen molar-refractivity contribution >= 4 is 17.8 Å². The van der Waals surface area contributed by atoms with Gasteiger partial charge in [-0.1, -0.05) is 33.8 Å². The number of Topliss-reactive ketones (excluding diaryl/α,β-unsaturated/α-hetero) is 1. The predicted octanol–water partition coefficient (Wildman–Crippen LogP) is 4.90. The quantitative estimate of drug-likeness (QED) is 0.543. The van der Waals surface area contributed by atoms with E-state index in [1.807, 2.05) is 6.92 Å². The molecule has 212 valence electrons. The third-order valence-corrected chi connectivity index (χ3v) is 11.9. The van der Waals surface area contributed by atoms with E-state index in [1.165, 1.54) is 6.08 Å². The third-order valence-electron chi connectivity index (χ3n) is 11.9. The smallest absolute Gasteiger partial charge is 0.414 e. The monoisotopic (exact) mass is 532 g/mol. The van der Waals surface area contributed by atoms with Gasteiger partial charge in [-0.05, 0) is 68.7 Å². The summed E-state index contributed by atoms with van der Waals surface area (Å²) in [5.41, 5.74) is -1.62. The van der Waals surface area contributed by atoms with Gasteiger partial charge in [0.15, 0.2) is 0 Å². The molecule has 3 saturated carbocycles. The van der Waals surface area contributed by atoms with Gasteiger partial charge in [-0.3, -0.25) is 14.9 Å². The Labute approximate surface area is 226 Å². The maximum absolute atomic E-state index is 14.2. The van der Waals surface area contributed by atoms with Crippen LogP contribution in [0.15, 0.2) is 12.4 Å². The summed E-state index contributed by atoms with van der Waals surface area (Å²) in [7, 11) is 1.74. The number of imide groups is 1. The van der Waals surface area contributed by atoms with Crippen LogP contribution in [0.3, 0.4) is 0 Å². The normalized spacial score (nSPS) is 48.0. The van der Waals surface area contributed by atoms with Crippen molar-refractivity contribution in [2.75, 3.05) is 26.7 Å². The molecule has 8 heteroatoms. The maximum Gasteiger partial charge on any atom is 0.414 e. The summed E-state index contributed by atoms with van der Waals surface area (Å²) in [6.45, 7) is 11.0. The van der Waals surface area contributed by atoms with Crippen molar-refractivity contribution in [2.45, 2.75) is 84.8 Å². The number of amides is 2. The number of fused-ring (bicyclic) bond motifs is 2. The Hall–Kier alpha value is -1.80. The van der Waals surface area contributed by atoms with Crippen molar-refractivity contribution in [1.82, 2.24) is 10.2 Å². The van der Waals surface area contributed by atoms with E-state index in [1.54, 1.807) is 7.11 Å². The molecule has 11 atom stereocenters. The fourth-order valence-corrected chi connectivity index (χ4v) is 9.58. The van der Waals surface area contributed by atoms with E-state index in [0.717, 1.165) is 45.2 Å². The van der Waals surface area contributed by atoms with Gasteiger partial charge in [0.1, 0.15) is 11.9 Å². The highest BCUT2D eigenvalue weighted by Gasteiger charge is 2.68. The molecule has 4 bridgehead atoms. The number of carbonyl (C=O) groups excluding carboxylic acids is 3. The predicted molar refractivity (Wildman–Crippen MR) is 141 cm³/mol. The summed E-state index contributed by atoms with van der Waals surface area (Å²) in [5.74, 6) is -0.0260. The largest absolute Gasteiger partial charge is 0.445 e. The first kappa shape index (κ1) is 27.8. The molecule has 0 radical (unpaired) electrons. The summed E-state index contributed by atoms with van der Waals surface area (Å²) in [4.78, 5) is 42.8. The van der Waals surface area contributed by atoms with Crippen LogP contribution >= 0.6 is 0 Å². The molecule has 1 N–H and O–H groups in total. The molecular formula is C30H45FN2O5. The zero-order chi connectivity index (χ0) is 27.5. The minimum Gasteiger partial charge on any atom is -0.445 e. The van der Waals surface area contributed by atoms with Crippen molar-refractivity contribution in [3.8, 4) is 0 Å². The standard InChI is InChI=1S/C30H45FN2O5/c1-18-7-11-30-12-8-22(37-5)24(30)29(18,4)23(15-28(3,10-6-13-31)25(34)19(30)2)38-27(36)32-26(35)21-17-33-14-9-20(21)16-33/h6,13,18-24H,7-12,14-17H2,1-5H3,(H,32,35,36)/t18-,19+,20-,21+,22?,23-,24?,28-,29+,30?/m1/s1. The lowest BCUT2D eigenvalue weighted by Crippen LogP contribution is -2.63. The minimum absolute atomic E-state index is 0.0352. The zero-order valence-corrected chi connectivity index (χ0v) is 23.6. The lowest BCUT2D eigenvalue weighted by molar-refractivity contribution is -0.191. The number of halogens is 1. The van der Waals surface area contributed by atoms with Crippen LogP contribution in [0.1, 0.15) is 72.6 Å². The van der Waals surface area contributed by atoms with Gasteiger partial charge in [0, 0.05) is 42.9 Å². The van der Waals surface area contributed by atoms with Crippen molar-refractivity contribution in [3.05, 3.63) is 12.4 Å². The SMILES string of the molecule is COC1CCC23CC[C@@H](C)[C@](C)(C12)[C@H](OC(=O)NC(=O)[C@H]1CN2CC[C@@H]1C2)C[C@@](C)(CC=CF)C(=O)[C@@H]3C. The molecule has 2 amide bonds. The Kier molecular flexibility index (Phi) is 7.30. The summed E-state index contributed by atoms with van der Waals surface area (Å²) in [6.07, 6.45) is 5.62. The molecule has 0 aromatic carbocycles. The molecule has 5 aliphatic rings. The second-order valence-electron chi connectivity index (χ2n) is 13.5. The Morgan fingerprint density at radius 2 is 1.89 bits per heavy atom. The average molecular weight is 533 g/mol. The highest BCUT2D eigenvalue weighted by Crippen LogP contribution is 2.68. The number of nitrogens with zero attached hydrogens (tertiary/aromatic N) is 1. The molecule has 4 unspecified atom stereocenters. The van der Waals surface area contributed by atoms with Crippen LogP contribution in [0.2, 0.25) is 0 Å². The molecule has 0 spiro atoms. The van der Waals surface area contributed by atoms with Crippen molar-refractivity contribution in [2.24, 2.45) is 45.8 Å². The number of carbonyl (C=O) groups is 3. The van der Waals surface area contributed by atoms with Gasteiger partial charge in [0.25, 0.3) is 0 Å². The number of methoxy groups -OCH3 is 1. The molecule has 0 aromatic rings. The van der Waals surface area contributed by atoms with Gasteiger partial charge in [-0.15, -0.1) is 0 Å². The highest BCUT2D eigenvalue weighted by atomic mass is 19.1. The number of nitrogens with one attached hydrogen (secondary N) is 1. The average Bonchev–Trinajstić information content (AvgIpc) is 3.63. The number of ether oxygens (including phenoxy) is 2. The van der Waals surface area contributed by atoms with E-state index >= 15 is 0 Å². The van der Waals surface area contributed by atoms with Crippen LogP contribution in [0, 0.1) is 45.8 Å². The van der Waals surface area contributed by atoms with Crippen LogP contribution in [0.25, 0.3) is 0 Å². The zero-order valence-electron chi connectivity index (χ0n) is 23.6. The number of alkyl carbamates (subject to hydrolysis) is 1. The summed E-state index contributed by atoms with van der Waals surface area (Å²) >= 11 is 0. The van der Waals surface area contributed by atoms with Crippen LogP contribution in [-0.2, 0) is 19.1 Å². The summed E-state index contributed by atoms with van der Waals surface area (Å²) in [5, 5.41) is 2.55. The number of hydrogen-bond acceptors (Lipinski definition) is 6. The molecule has 5 fully saturated rings. The molecule has 7 nitrogen and oxygen atoms in total. The van der Waals surface area contributed by atoms with E-state index in [-0.39, 0.29) is 65.6 Å². The molecule has 38 heavy (non-hydrogen) atoms. The Morgan fingerprint density at radius 3 is 2.53 bits per heavy atom. The number of hydrogen-bond donors (Lipinski definition) is 1. The highest BCUT2D eigenvalue weighted by molar-refractivity contribution is 5.93. The molecular weight excluding hydrogens is 487 g/mol. The molecule has 2 heterocycles. The van der Waals surface area contributed by atoms with Gasteiger partial charge in [0.2, 0.25) is 5.91 Å². The second kappa shape index (κ2) is 9.99. The van der Waals surface area contributed by atoms with Crippen LogP contribution < -0.4 is 5.32 Å². The topological polar surface area (TPSA) is 84.9 Å². The van der Waals surface area contributed by atoms with E-state index in [0.29, 0.717) is 12.9 Å². The first-order valence-corrected chi connectivity index (χ1v) is 14.6. The first-order chi connectivity index (χ1) is 18.0. The lowest BCUT2D eigenvalue weighted by Gasteiger charge is -2.61. The lowest BCUT2D eigenvalue weighted by atomic mass is 9.43. The Bertz CT molecular complexity index is 1000. The van der Waals surface area contributed by atoms with Crippen molar-refractivity contribution < 1.29 is 28.2 Å².